The SMILES string of the molecule is C/C(=N\N=C(/[O-])c1ccncc1)c1cc2ccccc2oc1=O.[Co+2]. The number of fused-ring (bicyclic) bond motifs is 1. The zero-order valence-corrected chi connectivity index (χ0v) is 13.6. The molecule has 7 heteroatoms. The first-order valence-electron chi connectivity index (χ1n) is 6.88. The molecule has 6 nitrogen and oxygen atoms in total. The third-order valence-corrected chi connectivity index (χ3v) is 3.25. The summed E-state index contributed by atoms with van der Waals surface area (Å²) in [7, 11) is 0. The molecule has 1 aromatic carbocycles. The molecule has 121 valence electrons. The number of aromatic nitrogens is 1. The van der Waals surface area contributed by atoms with Crippen LogP contribution in [0, 0.1) is 0 Å². The molecule has 0 fully saturated rings. The molecule has 0 bridgehead atoms. The summed E-state index contributed by atoms with van der Waals surface area (Å²) in [5.41, 5.74) is 0.944. The van der Waals surface area contributed by atoms with E-state index in [2.05, 4.69) is 15.2 Å². The van der Waals surface area contributed by atoms with Gasteiger partial charge in [0.05, 0.1) is 11.3 Å². The number of para-hydroxylation sites is 1. The van der Waals surface area contributed by atoms with Crippen LogP contribution in [0.2, 0.25) is 0 Å². The largest absolute Gasteiger partial charge is 2.00 e. The fraction of sp³-hybridized carbons (Fsp3) is 0.0588. The van der Waals surface area contributed by atoms with Crippen LogP contribution in [-0.2, 0) is 16.8 Å². The first-order valence-corrected chi connectivity index (χ1v) is 6.88. The molecule has 0 aliphatic rings. The third kappa shape index (κ3) is 3.76. The third-order valence-electron chi connectivity index (χ3n) is 3.25. The van der Waals surface area contributed by atoms with Crippen molar-refractivity contribution in [3.05, 3.63) is 76.4 Å². The average Bonchev–Trinajstić information content (AvgIpc) is 2.59. The zero-order valence-electron chi connectivity index (χ0n) is 12.6. The van der Waals surface area contributed by atoms with Gasteiger partial charge in [0.25, 0.3) is 0 Å². The fourth-order valence-corrected chi connectivity index (χ4v) is 2.04. The van der Waals surface area contributed by atoms with Gasteiger partial charge < -0.3 is 9.52 Å². The van der Waals surface area contributed by atoms with Crippen molar-refractivity contribution in [3.63, 3.8) is 0 Å². The summed E-state index contributed by atoms with van der Waals surface area (Å²) < 4.78 is 5.23. The quantitative estimate of drug-likeness (QED) is 0.306. The van der Waals surface area contributed by atoms with Crippen molar-refractivity contribution in [1.82, 2.24) is 4.98 Å². The number of benzene rings is 1. The minimum Gasteiger partial charge on any atom is -0.857 e. The molecule has 24 heavy (non-hydrogen) atoms. The Labute approximate surface area is 147 Å². The molecule has 0 saturated heterocycles. The van der Waals surface area contributed by atoms with Gasteiger partial charge in [-0.05, 0) is 36.8 Å². The van der Waals surface area contributed by atoms with E-state index in [9.17, 15) is 9.90 Å². The van der Waals surface area contributed by atoms with E-state index < -0.39 is 11.5 Å². The van der Waals surface area contributed by atoms with Gasteiger partial charge in [-0.3, -0.25) is 4.98 Å². The molecule has 0 aliphatic carbocycles. The maximum atomic E-state index is 12.0. The molecule has 3 aromatic rings. The predicted molar refractivity (Wildman–Crippen MR) is 85.5 cm³/mol. The number of hydrogen-bond acceptors (Lipinski definition) is 6. The van der Waals surface area contributed by atoms with Crippen molar-refractivity contribution < 1.29 is 26.3 Å². The summed E-state index contributed by atoms with van der Waals surface area (Å²) in [5.74, 6) is -0.503. The van der Waals surface area contributed by atoms with Crippen molar-refractivity contribution >= 4 is 22.6 Å². The molecule has 0 amide bonds. The summed E-state index contributed by atoms with van der Waals surface area (Å²) in [5, 5.41) is 20.1. The van der Waals surface area contributed by atoms with Crippen molar-refractivity contribution in [2.75, 3.05) is 0 Å². The average molecular weight is 365 g/mol. The van der Waals surface area contributed by atoms with E-state index in [0.29, 0.717) is 16.9 Å². The second-order valence-corrected chi connectivity index (χ2v) is 4.81. The van der Waals surface area contributed by atoms with E-state index in [1.54, 1.807) is 37.3 Å². The Kier molecular flexibility index (Phi) is 5.62. The Hall–Kier alpha value is -2.77. The Bertz CT molecular complexity index is 965. The molecule has 2 aromatic heterocycles. The van der Waals surface area contributed by atoms with Crippen LogP contribution < -0.4 is 10.7 Å². The Morgan fingerprint density at radius 2 is 1.83 bits per heavy atom. The number of nitrogens with zero attached hydrogens (tertiary/aromatic N) is 3. The van der Waals surface area contributed by atoms with E-state index in [1.807, 2.05) is 12.1 Å². The molecule has 0 unspecified atom stereocenters. The van der Waals surface area contributed by atoms with E-state index in [-0.39, 0.29) is 22.3 Å². The summed E-state index contributed by atoms with van der Waals surface area (Å²) >= 11 is 0. The van der Waals surface area contributed by atoms with Crippen LogP contribution in [0.15, 0.2) is 74.3 Å². The topological polar surface area (TPSA) is 90.9 Å². The van der Waals surface area contributed by atoms with Crippen LogP contribution >= 0.6 is 0 Å². The van der Waals surface area contributed by atoms with E-state index in [1.165, 1.54) is 12.4 Å². The molecule has 0 atom stereocenters. The van der Waals surface area contributed by atoms with Crippen LogP contribution in [0.3, 0.4) is 0 Å². The maximum absolute atomic E-state index is 12.0. The van der Waals surface area contributed by atoms with Gasteiger partial charge in [0.2, 0.25) is 0 Å². The van der Waals surface area contributed by atoms with Gasteiger partial charge in [0.15, 0.2) is 0 Å². The zero-order chi connectivity index (χ0) is 16.2. The van der Waals surface area contributed by atoms with Gasteiger partial charge in [-0.25, -0.2) is 4.79 Å². The fourth-order valence-electron chi connectivity index (χ4n) is 2.04. The van der Waals surface area contributed by atoms with Gasteiger partial charge in [-0.1, -0.05) is 18.2 Å². The number of rotatable bonds is 3. The second-order valence-electron chi connectivity index (χ2n) is 4.81. The monoisotopic (exact) mass is 365 g/mol. The first kappa shape index (κ1) is 17.6. The minimum absolute atomic E-state index is 0. The summed E-state index contributed by atoms with van der Waals surface area (Å²) in [6.45, 7) is 1.60. The van der Waals surface area contributed by atoms with Crippen molar-refractivity contribution in [3.8, 4) is 0 Å². The van der Waals surface area contributed by atoms with Crippen LogP contribution in [0.1, 0.15) is 18.1 Å². The van der Waals surface area contributed by atoms with Crippen LogP contribution in [0.4, 0.5) is 0 Å². The summed E-state index contributed by atoms with van der Waals surface area (Å²) in [4.78, 5) is 15.8. The van der Waals surface area contributed by atoms with Gasteiger partial charge in [0, 0.05) is 23.7 Å². The van der Waals surface area contributed by atoms with Gasteiger partial charge in [-0.2, -0.15) is 10.2 Å². The van der Waals surface area contributed by atoms with E-state index >= 15 is 0 Å². The molecule has 3 rings (SSSR count). The Morgan fingerprint density at radius 1 is 1.12 bits per heavy atom. The van der Waals surface area contributed by atoms with E-state index in [4.69, 9.17) is 4.42 Å². The van der Waals surface area contributed by atoms with Gasteiger partial charge >= 0.3 is 22.4 Å². The predicted octanol–water partition coefficient (Wildman–Crippen LogP) is 1.72. The van der Waals surface area contributed by atoms with Crippen molar-refractivity contribution in [2.45, 2.75) is 6.92 Å². The van der Waals surface area contributed by atoms with E-state index in [0.717, 1.165) is 5.39 Å². The Balaban J connectivity index is 0.00000208. The second kappa shape index (κ2) is 7.67. The van der Waals surface area contributed by atoms with Crippen LogP contribution in [0.25, 0.3) is 11.0 Å². The first-order chi connectivity index (χ1) is 11.1. The molecular formula is C17H12CoN3O3+. The number of hydrogen-bond donors (Lipinski definition) is 0. The normalized spacial score (nSPS) is 12.0. The van der Waals surface area contributed by atoms with Gasteiger partial charge in [0.1, 0.15) is 5.58 Å². The number of pyridine rings is 1. The van der Waals surface area contributed by atoms with Crippen LogP contribution in [0.5, 0.6) is 0 Å². The Morgan fingerprint density at radius 3 is 2.58 bits per heavy atom. The summed E-state index contributed by atoms with van der Waals surface area (Å²) in [6, 6.07) is 11.9. The maximum Gasteiger partial charge on any atom is 2.00 e. The summed E-state index contributed by atoms with van der Waals surface area (Å²) in [6.07, 6.45) is 2.99. The molecule has 1 radical (unpaired) electrons. The minimum atomic E-state index is -0.517. The molecule has 0 N–H and O–H groups in total. The molecule has 0 aliphatic heterocycles. The van der Waals surface area contributed by atoms with Gasteiger partial charge in [-0.15, -0.1) is 0 Å². The molecule has 0 spiro atoms. The molecular weight excluding hydrogens is 353 g/mol. The van der Waals surface area contributed by atoms with Crippen molar-refractivity contribution in [2.24, 2.45) is 10.2 Å². The molecule has 2 heterocycles. The smallest absolute Gasteiger partial charge is 0.857 e. The molecule has 0 saturated carbocycles. The van der Waals surface area contributed by atoms with Crippen LogP contribution in [-0.4, -0.2) is 16.6 Å². The van der Waals surface area contributed by atoms with Crippen molar-refractivity contribution in [1.29, 1.82) is 0 Å². The standard InChI is InChI=1S/C17H13N3O3.Co/c1-11(19-20-16(21)12-6-8-18-9-7-12)14-10-13-4-2-3-5-15(13)23-17(14)22;/h2-10H,1H3,(H,20,21);/q;+2/p-1/b19-11+;.